The fourth-order valence-corrected chi connectivity index (χ4v) is 2.21. The Kier molecular flexibility index (Phi) is 4.70. The zero-order valence-electron chi connectivity index (χ0n) is 10.6. The second-order valence-electron chi connectivity index (χ2n) is 4.51. The molecule has 2 rings (SSSR count). The number of hydrazone groups is 1. The van der Waals surface area contributed by atoms with Crippen molar-refractivity contribution in [3.05, 3.63) is 29.8 Å². The van der Waals surface area contributed by atoms with Crippen LogP contribution in [0.4, 0.5) is 5.69 Å². The van der Waals surface area contributed by atoms with E-state index in [0.717, 1.165) is 37.2 Å². The van der Waals surface area contributed by atoms with Crippen LogP contribution in [-0.4, -0.2) is 35.6 Å². The summed E-state index contributed by atoms with van der Waals surface area (Å²) in [4.78, 5) is 2.26. The standard InChI is InChI=1S/C13H18N4OS/c14-13(19)16-15-9-10-3-1-2-4-12(10)17-7-5-11(18)6-8-17/h1-4,9,11,18H,5-8H2,(H3,14,16,19). The van der Waals surface area contributed by atoms with Crippen molar-refractivity contribution in [2.24, 2.45) is 10.8 Å². The second kappa shape index (κ2) is 6.49. The van der Waals surface area contributed by atoms with Crippen molar-refractivity contribution in [3.8, 4) is 0 Å². The predicted octanol–water partition coefficient (Wildman–Crippen LogP) is 0.815. The molecule has 0 radical (unpaired) electrons. The van der Waals surface area contributed by atoms with Crippen molar-refractivity contribution < 1.29 is 5.11 Å². The number of nitrogens with zero attached hydrogens (tertiary/aromatic N) is 2. The van der Waals surface area contributed by atoms with Crippen LogP contribution in [-0.2, 0) is 0 Å². The van der Waals surface area contributed by atoms with Crippen molar-refractivity contribution in [2.75, 3.05) is 18.0 Å². The van der Waals surface area contributed by atoms with Crippen LogP contribution < -0.4 is 16.1 Å². The Morgan fingerprint density at radius 2 is 2.11 bits per heavy atom. The summed E-state index contributed by atoms with van der Waals surface area (Å²) >= 11 is 4.70. The highest BCUT2D eigenvalue weighted by atomic mass is 32.1. The molecule has 6 heteroatoms. The summed E-state index contributed by atoms with van der Waals surface area (Å²) < 4.78 is 0. The summed E-state index contributed by atoms with van der Waals surface area (Å²) in [7, 11) is 0. The van der Waals surface area contributed by atoms with Crippen LogP contribution in [0, 0.1) is 0 Å². The molecule has 1 aromatic rings. The molecule has 5 nitrogen and oxygen atoms in total. The monoisotopic (exact) mass is 278 g/mol. The van der Waals surface area contributed by atoms with E-state index in [1.165, 1.54) is 0 Å². The van der Waals surface area contributed by atoms with E-state index in [4.69, 9.17) is 18.0 Å². The first-order valence-electron chi connectivity index (χ1n) is 6.27. The summed E-state index contributed by atoms with van der Waals surface area (Å²) in [5.41, 5.74) is 9.99. The number of thiocarbonyl (C=S) groups is 1. The van der Waals surface area contributed by atoms with Crippen LogP contribution in [0.3, 0.4) is 0 Å². The lowest BCUT2D eigenvalue weighted by atomic mass is 10.1. The maximum Gasteiger partial charge on any atom is 0.184 e. The molecule has 1 aliphatic rings. The van der Waals surface area contributed by atoms with Gasteiger partial charge in [-0.05, 0) is 31.1 Å². The Hall–Kier alpha value is -1.66. The number of aliphatic hydroxyl groups excluding tert-OH is 1. The minimum absolute atomic E-state index is 0.148. The van der Waals surface area contributed by atoms with Gasteiger partial charge >= 0.3 is 0 Å². The van der Waals surface area contributed by atoms with Gasteiger partial charge in [0.1, 0.15) is 0 Å². The number of anilines is 1. The van der Waals surface area contributed by atoms with Gasteiger partial charge in [0, 0.05) is 24.3 Å². The molecule has 1 aliphatic heterocycles. The van der Waals surface area contributed by atoms with Gasteiger partial charge in [-0.2, -0.15) is 5.10 Å². The smallest absolute Gasteiger partial charge is 0.184 e. The average Bonchev–Trinajstić information content (AvgIpc) is 2.40. The number of benzene rings is 1. The highest BCUT2D eigenvalue weighted by molar-refractivity contribution is 7.80. The SMILES string of the molecule is NC(=S)NN=Cc1ccccc1N1CCC(O)CC1. The largest absolute Gasteiger partial charge is 0.393 e. The number of para-hydroxylation sites is 1. The molecule has 1 fully saturated rings. The maximum absolute atomic E-state index is 9.55. The summed E-state index contributed by atoms with van der Waals surface area (Å²) in [6, 6.07) is 8.01. The lowest BCUT2D eigenvalue weighted by Crippen LogP contribution is -2.36. The molecule has 102 valence electrons. The van der Waals surface area contributed by atoms with Gasteiger partial charge in [-0.15, -0.1) is 0 Å². The van der Waals surface area contributed by atoms with E-state index in [1.54, 1.807) is 6.21 Å². The molecule has 1 aromatic carbocycles. The summed E-state index contributed by atoms with van der Waals surface area (Å²) in [6.45, 7) is 1.71. The van der Waals surface area contributed by atoms with Crippen molar-refractivity contribution >= 4 is 29.2 Å². The van der Waals surface area contributed by atoms with Crippen LogP contribution in [0.5, 0.6) is 0 Å². The van der Waals surface area contributed by atoms with Gasteiger partial charge in [-0.3, -0.25) is 5.43 Å². The average molecular weight is 278 g/mol. The van der Waals surface area contributed by atoms with Crippen molar-refractivity contribution in [2.45, 2.75) is 18.9 Å². The number of hydrogen-bond acceptors (Lipinski definition) is 4. The van der Waals surface area contributed by atoms with E-state index in [-0.39, 0.29) is 11.2 Å². The summed E-state index contributed by atoms with van der Waals surface area (Å²) in [5, 5.41) is 13.7. The Labute approximate surface area is 118 Å². The van der Waals surface area contributed by atoms with Gasteiger partial charge < -0.3 is 15.7 Å². The molecular weight excluding hydrogens is 260 g/mol. The summed E-state index contributed by atoms with van der Waals surface area (Å²) in [6.07, 6.45) is 3.14. The van der Waals surface area contributed by atoms with E-state index in [0.29, 0.717) is 0 Å². The van der Waals surface area contributed by atoms with Crippen LogP contribution in [0.2, 0.25) is 0 Å². The molecule has 0 saturated carbocycles. The normalized spacial score (nSPS) is 16.8. The van der Waals surface area contributed by atoms with Gasteiger partial charge in [0.2, 0.25) is 0 Å². The molecule has 0 amide bonds. The lowest BCUT2D eigenvalue weighted by Gasteiger charge is -2.32. The first-order chi connectivity index (χ1) is 9.16. The van der Waals surface area contributed by atoms with E-state index in [1.807, 2.05) is 18.2 Å². The molecule has 0 aromatic heterocycles. The third-order valence-electron chi connectivity index (χ3n) is 3.12. The topological polar surface area (TPSA) is 73.9 Å². The molecule has 0 spiro atoms. The van der Waals surface area contributed by atoms with Crippen molar-refractivity contribution in [1.82, 2.24) is 5.43 Å². The van der Waals surface area contributed by atoms with Crippen LogP contribution >= 0.6 is 12.2 Å². The highest BCUT2D eigenvalue weighted by Gasteiger charge is 2.18. The molecule has 4 N–H and O–H groups in total. The summed E-state index contributed by atoms with van der Waals surface area (Å²) in [5.74, 6) is 0. The number of hydrogen-bond donors (Lipinski definition) is 3. The first kappa shape index (κ1) is 13.8. The van der Waals surface area contributed by atoms with E-state index in [2.05, 4.69) is 21.5 Å². The number of aliphatic hydroxyl groups is 1. The Morgan fingerprint density at radius 3 is 2.79 bits per heavy atom. The van der Waals surface area contributed by atoms with Gasteiger partial charge in [0.15, 0.2) is 5.11 Å². The molecular formula is C13H18N4OS. The van der Waals surface area contributed by atoms with Gasteiger partial charge in [-0.1, -0.05) is 18.2 Å². The zero-order valence-corrected chi connectivity index (χ0v) is 11.4. The zero-order chi connectivity index (χ0) is 13.7. The molecule has 0 atom stereocenters. The number of rotatable bonds is 3. The Morgan fingerprint density at radius 1 is 1.42 bits per heavy atom. The number of nitrogens with one attached hydrogen (secondary N) is 1. The van der Waals surface area contributed by atoms with Gasteiger partial charge in [0.05, 0.1) is 12.3 Å². The highest BCUT2D eigenvalue weighted by Crippen LogP contribution is 2.23. The van der Waals surface area contributed by atoms with Crippen LogP contribution in [0.15, 0.2) is 29.4 Å². The molecule has 1 heterocycles. The molecule has 0 aliphatic carbocycles. The third kappa shape index (κ3) is 3.90. The fraction of sp³-hybridized carbons (Fsp3) is 0.385. The van der Waals surface area contributed by atoms with Crippen LogP contribution in [0.25, 0.3) is 0 Å². The number of piperidine rings is 1. The maximum atomic E-state index is 9.55. The predicted molar refractivity (Wildman–Crippen MR) is 81.4 cm³/mol. The fourth-order valence-electron chi connectivity index (χ4n) is 2.16. The van der Waals surface area contributed by atoms with E-state index < -0.39 is 0 Å². The van der Waals surface area contributed by atoms with Crippen LogP contribution in [0.1, 0.15) is 18.4 Å². The molecule has 0 bridgehead atoms. The van der Waals surface area contributed by atoms with Crippen molar-refractivity contribution in [3.63, 3.8) is 0 Å². The number of nitrogens with two attached hydrogens (primary N) is 1. The Balaban J connectivity index is 2.12. The van der Waals surface area contributed by atoms with Crippen molar-refractivity contribution in [1.29, 1.82) is 0 Å². The quantitative estimate of drug-likeness (QED) is 0.433. The second-order valence-corrected chi connectivity index (χ2v) is 4.95. The van der Waals surface area contributed by atoms with Gasteiger partial charge in [-0.25, -0.2) is 0 Å². The third-order valence-corrected chi connectivity index (χ3v) is 3.21. The van der Waals surface area contributed by atoms with Gasteiger partial charge in [0.25, 0.3) is 0 Å². The molecule has 1 saturated heterocycles. The van der Waals surface area contributed by atoms with E-state index >= 15 is 0 Å². The molecule has 0 unspecified atom stereocenters. The lowest BCUT2D eigenvalue weighted by molar-refractivity contribution is 0.145. The molecule has 19 heavy (non-hydrogen) atoms. The van der Waals surface area contributed by atoms with E-state index in [9.17, 15) is 5.11 Å². The minimum atomic E-state index is -0.173. The Bertz CT molecular complexity index is 469. The minimum Gasteiger partial charge on any atom is -0.393 e. The first-order valence-corrected chi connectivity index (χ1v) is 6.68.